The molecule has 1 aromatic carbocycles. The first kappa shape index (κ1) is 14.4. The summed E-state index contributed by atoms with van der Waals surface area (Å²) in [6, 6.07) is 3.02. The second-order valence-corrected chi connectivity index (χ2v) is 5.84. The Labute approximate surface area is 122 Å². The Morgan fingerprint density at radius 2 is 1.71 bits per heavy atom. The number of carbonyl (C=O) groups is 1. The lowest BCUT2D eigenvalue weighted by Crippen LogP contribution is -2.35. The Morgan fingerprint density at radius 1 is 1.05 bits per heavy atom. The van der Waals surface area contributed by atoms with Crippen LogP contribution in [-0.2, 0) is 9.63 Å². The summed E-state index contributed by atoms with van der Waals surface area (Å²) in [7, 11) is 0. The number of nitrogens with zero attached hydrogens (tertiary/aromatic N) is 1. The van der Waals surface area contributed by atoms with Crippen LogP contribution in [0, 0.1) is 17.6 Å². The topological polar surface area (TPSA) is 29.5 Å². The van der Waals surface area contributed by atoms with Crippen molar-refractivity contribution in [2.45, 2.75) is 44.6 Å². The van der Waals surface area contributed by atoms with E-state index in [1.165, 1.54) is 23.6 Å². The van der Waals surface area contributed by atoms with Gasteiger partial charge in [0.15, 0.2) is 0 Å². The molecule has 1 saturated carbocycles. The molecule has 21 heavy (non-hydrogen) atoms. The van der Waals surface area contributed by atoms with Gasteiger partial charge in [-0.3, -0.25) is 9.63 Å². The van der Waals surface area contributed by atoms with Gasteiger partial charge in [-0.1, -0.05) is 19.3 Å². The Kier molecular flexibility index (Phi) is 4.19. The molecule has 0 radical (unpaired) electrons. The molecule has 2 fully saturated rings. The summed E-state index contributed by atoms with van der Waals surface area (Å²) < 4.78 is 26.8. The molecular formula is C16H19F2NO2. The third-order valence-electron chi connectivity index (χ3n) is 4.35. The standard InChI is InChI=1S/C16H19F2NO2/c17-13-8-12(9-14(18)10-13)15-6-7-21-19(15)16(20)11-4-2-1-3-5-11/h8-11,15H,1-7H2. The molecule has 1 heterocycles. The van der Waals surface area contributed by atoms with Crippen LogP contribution in [0.15, 0.2) is 18.2 Å². The SMILES string of the molecule is O=C(C1CCCCC1)N1OCCC1c1cc(F)cc(F)c1. The lowest BCUT2D eigenvalue weighted by Gasteiger charge is -2.29. The maximum absolute atomic E-state index is 13.4. The van der Waals surface area contributed by atoms with Gasteiger partial charge in [0.1, 0.15) is 11.6 Å². The minimum atomic E-state index is -0.623. The highest BCUT2D eigenvalue weighted by molar-refractivity contribution is 5.78. The fraction of sp³-hybridized carbons (Fsp3) is 0.562. The van der Waals surface area contributed by atoms with Gasteiger partial charge in [-0.05, 0) is 30.5 Å². The molecule has 1 atom stereocenters. The van der Waals surface area contributed by atoms with Gasteiger partial charge in [-0.25, -0.2) is 13.8 Å². The van der Waals surface area contributed by atoms with E-state index in [1.54, 1.807) is 0 Å². The summed E-state index contributed by atoms with van der Waals surface area (Å²) in [4.78, 5) is 18.0. The van der Waals surface area contributed by atoms with Gasteiger partial charge in [-0.15, -0.1) is 0 Å². The van der Waals surface area contributed by atoms with Crippen LogP contribution in [0.25, 0.3) is 0 Å². The summed E-state index contributed by atoms with van der Waals surface area (Å²) in [5, 5.41) is 1.35. The number of benzene rings is 1. The van der Waals surface area contributed by atoms with Crippen LogP contribution < -0.4 is 0 Å². The lowest BCUT2D eigenvalue weighted by atomic mass is 9.88. The van der Waals surface area contributed by atoms with E-state index < -0.39 is 11.6 Å². The Morgan fingerprint density at radius 3 is 2.38 bits per heavy atom. The average Bonchev–Trinajstić information content (AvgIpc) is 2.96. The second kappa shape index (κ2) is 6.10. The number of halogens is 2. The van der Waals surface area contributed by atoms with E-state index in [0.717, 1.165) is 31.7 Å². The molecule has 2 aliphatic rings. The largest absolute Gasteiger partial charge is 0.272 e. The van der Waals surface area contributed by atoms with Crippen LogP contribution in [0.4, 0.5) is 8.78 Å². The molecule has 114 valence electrons. The number of hydroxylamine groups is 2. The fourth-order valence-corrected chi connectivity index (χ4v) is 3.29. The van der Waals surface area contributed by atoms with E-state index in [0.29, 0.717) is 18.6 Å². The number of carbonyl (C=O) groups excluding carboxylic acids is 1. The normalized spacial score (nSPS) is 23.5. The van der Waals surface area contributed by atoms with Crippen LogP contribution >= 0.6 is 0 Å². The molecule has 1 aliphatic carbocycles. The van der Waals surface area contributed by atoms with Gasteiger partial charge >= 0.3 is 0 Å². The van der Waals surface area contributed by atoms with E-state index in [1.807, 2.05) is 0 Å². The third-order valence-corrected chi connectivity index (χ3v) is 4.35. The zero-order valence-electron chi connectivity index (χ0n) is 11.9. The lowest BCUT2D eigenvalue weighted by molar-refractivity contribution is -0.182. The second-order valence-electron chi connectivity index (χ2n) is 5.84. The number of hydrogen-bond donors (Lipinski definition) is 0. The van der Waals surface area contributed by atoms with Gasteiger partial charge in [0.05, 0.1) is 12.6 Å². The Balaban J connectivity index is 1.79. The third kappa shape index (κ3) is 3.07. The number of hydrogen-bond acceptors (Lipinski definition) is 2. The first-order valence-corrected chi connectivity index (χ1v) is 7.57. The Bertz CT molecular complexity index is 509. The predicted molar refractivity (Wildman–Crippen MR) is 73.1 cm³/mol. The zero-order valence-corrected chi connectivity index (χ0v) is 11.9. The maximum atomic E-state index is 13.4. The minimum Gasteiger partial charge on any atom is -0.272 e. The molecule has 1 aromatic rings. The van der Waals surface area contributed by atoms with Crippen molar-refractivity contribution in [3.8, 4) is 0 Å². The summed E-state index contributed by atoms with van der Waals surface area (Å²) in [5.41, 5.74) is 0.467. The first-order chi connectivity index (χ1) is 10.1. The molecule has 1 saturated heterocycles. The molecule has 1 unspecified atom stereocenters. The average molecular weight is 295 g/mol. The van der Waals surface area contributed by atoms with Crippen molar-refractivity contribution < 1.29 is 18.4 Å². The minimum absolute atomic E-state index is 0.0160. The van der Waals surface area contributed by atoms with Crippen LogP contribution in [-0.4, -0.2) is 17.6 Å². The summed E-state index contributed by atoms with van der Waals surface area (Å²) in [6.07, 6.45) is 5.61. The monoisotopic (exact) mass is 295 g/mol. The van der Waals surface area contributed by atoms with Gasteiger partial charge in [0, 0.05) is 18.4 Å². The van der Waals surface area contributed by atoms with Crippen molar-refractivity contribution in [1.29, 1.82) is 0 Å². The Hall–Kier alpha value is -1.49. The van der Waals surface area contributed by atoms with Crippen molar-refractivity contribution in [1.82, 2.24) is 5.06 Å². The van der Waals surface area contributed by atoms with E-state index in [-0.39, 0.29) is 17.9 Å². The number of rotatable bonds is 2. The molecule has 3 rings (SSSR count). The molecule has 0 N–H and O–H groups in total. The van der Waals surface area contributed by atoms with Crippen molar-refractivity contribution in [2.24, 2.45) is 5.92 Å². The van der Waals surface area contributed by atoms with E-state index in [2.05, 4.69) is 0 Å². The van der Waals surface area contributed by atoms with Crippen molar-refractivity contribution in [3.63, 3.8) is 0 Å². The van der Waals surface area contributed by atoms with Crippen LogP contribution in [0.1, 0.15) is 50.1 Å². The van der Waals surface area contributed by atoms with E-state index in [9.17, 15) is 13.6 Å². The van der Waals surface area contributed by atoms with Gasteiger partial charge in [0.25, 0.3) is 0 Å². The molecule has 0 aromatic heterocycles. The number of amides is 1. The summed E-state index contributed by atoms with van der Waals surface area (Å²) >= 11 is 0. The van der Waals surface area contributed by atoms with Crippen molar-refractivity contribution in [3.05, 3.63) is 35.4 Å². The smallest absolute Gasteiger partial charge is 0.249 e. The van der Waals surface area contributed by atoms with Gasteiger partial charge < -0.3 is 0 Å². The predicted octanol–water partition coefficient (Wildman–Crippen LogP) is 3.75. The van der Waals surface area contributed by atoms with Crippen molar-refractivity contribution in [2.75, 3.05) is 6.61 Å². The molecule has 1 amide bonds. The molecule has 0 spiro atoms. The molecule has 5 heteroatoms. The van der Waals surface area contributed by atoms with Crippen LogP contribution in [0.5, 0.6) is 0 Å². The molecular weight excluding hydrogens is 276 g/mol. The van der Waals surface area contributed by atoms with Crippen LogP contribution in [0.3, 0.4) is 0 Å². The molecule has 0 bridgehead atoms. The fourth-order valence-electron chi connectivity index (χ4n) is 3.29. The maximum Gasteiger partial charge on any atom is 0.249 e. The highest BCUT2D eigenvalue weighted by Crippen LogP contribution is 2.35. The highest BCUT2D eigenvalue weighted by atomic mass is 19.1. The van der Waals surface area contributed by atoms with E-state index in [4.69, 9.17) is 4.84 Å². The van der Waals surface area contributed by atoms with Crippen LogP contribution in [0.2, 0.25) is 0 Å². The van der Waals surface area contributed by atoms with Gasteiger partial charge in [-0.2, -0.15) is 0 Å². The van der Waals surface area contributed by atoms with Gasteiger partial charge in [0.2, 0.25) is 5.91 Å². The summed E-state index contributed by atoms with van der Waals surface area (Å²) in [6.45, 7) is 0.404. The molecule has 1 aliphatic heterocycles. The summed E-state index contributed by atoms with van der Waals surface area (Å²) in [5.74, 6) is -1.30. The van der Waals surface area contributed by atoms with Crippen molar-refractivity contribution >= 4 is 5.91 Å². The molecule has 3 nitrogen and oxygen atoms in total. The van der Waals surface area contributed by atoms with E-state index >= 15 is 0 Å². The first-order valence-electron chi connectivity index (χ1n) is 7.57. The quantitative estimate of drug-likeness (QED) is 0.831. The zero-order chi connectivity index (χ0) is 14.8. The highest BCUT2D eigenvalue weighted by Gasteiger charge is 2.36.